The van der Waals surface area contributed by atoms with E-state index in [0.717, 1.165) is 0 Å². The van der Waals surface area contributed by atoms with Crippen molar-refractivity contribution in [1.29, 1.82) is 0 Å². The fourth-order valence-electron chi connectivity index (χ4n) is 0.975. The maximum Gasteiger partial charge on any atom is 0.238 e. The Morgan fingerprint density at radius 1 is 1.38 bits per heavy atom. The first kappa shape index (κ1) is 10.0. The maximum absolute atomic E-state index is 10.6. The molecule has 0 heterocycles. The molecule has 0 radical (unpaired) electrons. The van der Waals surface area contributed by atoms with E-state index in [-0.39, 0.29) is 0 Å². The molecule has 0 aliphatic carbocycles. The molecule has 1 aromatic rings. The summed E-state index contributed by atoms with van der Waals surface area (Å²) < 4.78 is 0. The largest absolute Gasteiger partial charge is 0.386 e. The van der Waals surface area contributed by atoms with Crippen LogP contribution in [0.3, 0.4) is 0 Å². The molecule has 13 heavy (non-hydrogen) atoms. The summed E-state index contributed by atoms with van der Waals surface area (Å²) in [6.07, 6.45) is -1.04. The average molecular weight is 200 g/mol. The zero-order chi connectivity index (χ0) is 9.84. The van der Waals surface area contributed by atoms with Crippen LogP contribution in [0.25, 0.3) is 0 Å². The second kappa shape index (κ2) is 4.25. The number of nitrogens with two attached hydrogens (primary N) is 1. The van der Waals surface area contributed by atoms with Crippen molar-refractivity contribution in [2.75, 3.05) is 0 Å². The van der Waals surface area contributed by atoms with Gasteiger partial charge in [0.15, 0.2) is 0 Å². The van der Waals surface area contributed by atoms with Gasteiger partial charge in [-0.3, -0.25) is 4.79 Å². The zero-order valence-electron chi connectivity index (χ0n) is 6.85. The van der Waals surface area contributed by atoms with E-state index in [0.29, 0.717) is 5.56 Å². The van der Waals surface area contributed by atoms with Gasteiger partial charge < -0.3 is 10.8 Å². The molecule has 1 rings (SSSR count). The van der Waals surface area contributed by atoms with Crippen LogP contribution < -0.4 is 5.73 Å². The van der Waals surface area contributed by atoms with Gasteiger partial charge in [0, 0.05) is 0 Å². The summed E-state index contributed by atoms with van der Waals surface area (Å²) in [5.41, 5.74) is 5.53. The van der Waals surface area contributed by atoms with Crippen LogP contribution in [0.15, 0.2) is 30.3 Å². The first-order valence-electron chi connectivity index (χ1n) is 3.79. The van der Waals surface area contributed by atoms with Crippen molar-refractivity contribution in [2.45, 2.75) is 11.5 Å². The van der Waals surface area contributed by atoms with Crippen molar-refractivity contribution < 1.29 is 9.90 Å². The van der Waals surface area contributed by atoms with Gasteiger partial charge in [0.2, 0.25) is 5.91 Å². The molecular formula is C9H10ClNO2. The number of rotatable bonds is 3. The lowest BCUT2D eigenvalue weighted by molar-refractivity contribution is -0.119. The van der Waals surface area contributed by atoms with Gasteiger partial charge >= 0.3 is 0 Å². The van der Waals surface area contributed by atoms with Gasteiger partial charge in [0.1, 0.15) is 11.5 Å². The fourth-order valence-corrected chi connectivity index (χ4v) is 1.12. The predicted molar refractivity (Wildman–Crippen MR) is 50.2 cm³/mol. The smallest absolute Gasteiger partial charge is 0.238 e. The summed E-state index contributed by atoms with van der Waals surface area (Å²) >= 11 is 5.58. The number of carbonyl (C=O) groups excluding carboxylic acids is 1. The molecule has 0 aliphatic heterocycles. The topological polar surface area (TPSA) is 63.3 Å². The Labute approximate surface area is 81.1 Å². The molecule has 70 valence electrons. The Morgan fingerprint density at radius 3 is 2.38 bits per heavy atom. The molecule has 0 bridgehead atoms. The normalized spacial score (nSPS) is 14.9. The summed E-state index contributed by atoms with van der Waals surface area (Å²) in [4.78, 5) is 10.6. The van der Waals surface area contributed by atoms with Crippen molar-refractivity contribution in [2.24, 2.45) is 5.73 Å². The van der Waals surface area contributed by atoms with E-state index in [9.17, 15) is 9.90 Å². The number of aliphatic hydroxyl groups excluding tert-OH is 1. The predicted octanol–water partition coefficient (Wildman–Crippen LogP) is 0.813. The molecule has 0 unspecified atom stereocenters. The van der Waals surface area contributed by atoms with Gasteiger partial charge in [-0.05, 0) is 5.56 Å². The first-order valence-corrected chi connectivity index (χ1v) is 4.23. The molecule has 0 aromatic heterocycles. The lowest BCUT2D eigenvalue weighted by Crippen LogP contribution is -2.29. The molecule has 3 nitrogen and oxygen atoms in total. The summed E-state index contributed by atoms with van der Waals surface area (Å²) in [6.45, 7) is 0. The summed E-state index contributed by atoms with van der Waals surface area (Å²) in [6, 6.07) is 8.68. The van der Waals surface area contributed by atoms with Gasteiger partial charge in [-0.25, -0.2) is 0 Å². The average Bonchev–Trinajstić information content (AvgIpc) is 2.17. The third-order valence-corrected chi connectivity index (χ3v) is 2.14. The Hall–Kier alpha value is -1.06. The van der Waals surface area contributed by atoms with Crippen molar-refractivity contribution in [1.82, 2.24) is 0 Å². The third kappa shape index (κ3) is 2.44. The molecule has 2 atom stereocenters. The van der Waals surface area contributed by atoms with Crippen molar-refractivity contribution in [3.63, 3.8) is 0 Å². The molecule has 1 amide bonds. The first-order chi connectivity index (χ1) is 6.13. The van der Waals surface area contributed by atoms with Crippen LogP contribution in [0.4, 0.5) is 0 Å². The van der Waals surface area contributed by atoms with Gasteiger partial charge in [0.25, 0.3) is 0 Å². The van der Waals surface area contributed by atoms with Crippen LogP contribution in [0, 0.1) is 0 Å². The quantitative estimate of drug-likeness (QED) is 0.708. The second-order valence-electron chi connectivity index (χ2n) is 2.66. The zero-order valence-corrected chi connectivity index (χ0v) is 7.61. The molecule has 0 fully saturated rings. The van der Waals surface area contributed by atoms with Gasteiger partial charge in [-0.1, -0.05) is 30.3 Å². The highest BCUT2D eigenvalue weighted by molar-refractivity contribution is 6.31. The van der Waals surface area contributed by atoms with E-state index < -0.39 is 17.4 Å². The van der Waals surface area contributed by atoms with Crippen LogP contribution in [0.5, 0.6) is 0 Å². The highest BCUT2D eigenvalue weighted by Gasteiger charge is 2.22. The number of alkyl halides is 1. The van der Waals surface area contributed by atoms with E-state index in [1.807, 2.05) is 6.07 Å². The Kier molecular flexibility index (Phi) is 3.28. The monoisotopic (exact) mass is 199 g/mol. The van der Waals surface area contributed by atoms with Crippen molar-refractivity contribution in [3.8, 4) is 0 Å². The minimum Gasteiger partial charge on any atom is -0.386 e. The minimum absolute atomic E-state index is 0.585. The Morgan fingerprint density at radius 2 is 1.92 bits per heavy atom. The van der Waals surface area contributed by atoms with Gasteiger partial charge in [-0.15, -0.1) is 11.6 Å². The van der Waals surface area contributed by atoms with E-state index in [4.69, 9.17) is 17.3 Å². The Bertz CT molecular complexity index is 289. The molecular weight excluding hydrogens is 190 g/mol. The highest BCUT2D eigenvalue weighted by atomic mass is 35.5. The molecule has 0 saturated heterocycles. The number of primary amides is 1. The molecule has 0 aliphatic rings. The minimum atomic E-state index is -1.08. The van der Waals surface area contributed by atoms with E-state index in [1.54, 1.807) is 24.3 Å². The van der Waals surface area contributed by atoms with Gasteiger partial charge in [-0.2, -0.15) is 0 Å². The molecule has 0 spiro atoms. The molecule has 1 aromatic carbocycles. The SMILES string of the molecule is NC(=O)[C@H](Cl)[C@H](O)c1ccccc1. The van der Waals surface area contributed by atoms with Crippen LogP contribution in [0.2, 0.25) is 0 Å². The number of benzene rings is 1. The number of hydrogen-bond donors (Lipinski definition) is 2. The van der Waals surface area contributed by atoms with Crippen LogP contribution in [-0.2, 0) is 4.79 Å². The number of carbonyl (C=O) groups is 1. The van der Waals surface area contributed by atoms with Crippen LogP contribution in [0.1, 0.15) is 11.7 Å². The third-order valence-electron chi connectivity index (χ3n) is 1.69. The maximum atomic E-state index is 10.6. The van der Waals surface area contributed by atoms with Crippen LogP contribution >= 0.6 is 11.6 Å². The Balaban J connectivity index is 2.79. The summed E-state index contributed by atoms with van der Waals surface area (Å²) in [5, 5.41) is 8.45. The van der Waals surface area contributed by atoms with E-state index in [2.05, 4.69) is 0 Å². The molecule has 4 heteroatoms. The lowest BCUT2D eigenvalue weighted by Gasteiger charge is -2.13. The standard InChI is InChI=1S/C9H10ClNO2/c10-7(9(11)13)8(12)6-4-2-1-3-5-6/h1-5,7-8,12H,(H2,11,13)/t7-,8-/m1/s1. The van der Waals surface area contributed by atoms with Gasteiger partial charge in [0.05, 0.1) is 0 Å². The van der Waals surface area contributed by atoms with E-state index in [1.165, 1.54) is 0 Å². The molecule has 0 saturated carbocycles. The summed E-state index contributed by atoms with van der Waals surface area (Å²) in [7, 11) is 0. The second-order valence-corrected chi connectivity index (χ2v) is 3.13. The van der Waals surface area contributed by atoms with Crippen LogP contribution in [-0.4, -0.2) is 16.4 Å². The van der Waals surface area contributed by atoms with Crippen molar-refractivity contribution in [3.05, 3.63) is 35.9 Å². The number of halogens is 1. The van der Waals surface area contributed by atoms with E-state index >= 15 is 0 Å². The highest BCUT2D eigenvalue weighted by Crippen LogP contribution is 2.20. The lowest BCUT2D eigenvalue weighted by atomic mass is 10.1. The number of aliphatic hydroxyl groups is 1. The molecule has 3 N–H and O–H groups in total. The number of hydrogen-bond acceptors (Lipinski definition) is 2. The summed E-state index contributed by atoms with van der Waals surface area (Å²) in [5.74, 6) is -0.724. The number of amides is 1. The van der Waals surface area contributed by atoms with Crippen molar-refractivity contribution >= 4 is 17.5 Å². The fraction of sp³-hybridized carbons (Fsp3) is 0.222.